The molecule has 0 rings (SSSR count). The van der Waals surface area contributed by atoms with Crippen molar-refractivity contribution in [2.45, 2.75) is 78.2 Å². The zero-order valence-electron chi connectivity index (χ0n) is 30.4. The zero-order valence-corrected chi connectivity index (χ0v) is 30.4. The third-order valence-electron chi connectivity index (χ3n) is 6.12. The molecule has 0 fully saturated rings. The quantitative estimate of drug-likeness (QED) is 0.0739. The van der Waals surface area contributed by atoms with Crippen LogP contribution in [-0.2, 0) is 56.9 Å². The molecule has 286 valence electrons. The van der Waals surface area contributed by atoms with E-state index in [2.05, 4.69) is 12.2 Å². The molecule has 0 aliphatic carbocycles. The summed E-state index contributed by atoms with van der Waals surface area (Å²) in [6.45, 7) is 16.7. The van der Waals surface area contributed by atoms with Gasteiger partial charge in [0.25, 0.3) is 0 Å². The van der Waals surface area contributed by atoms with Crippen LogP contribution in [0.5, 0.6) is 0 Å². The van der Waals surface area contributed by atoms with Gasteiger partial charge in [0.15, 0.2) is 0 Å². The van der Waals surface area contributed by atoms with Crippen molar-refractivity contribution in [3.8, 4) is 0 Å². The molecule has 0 unspecified atom stereocenters. The van der Waals surface area contributed by atoms with Gasteiger partial charge in [0.2, 0.25) is 0 Å². The van der Waals surface area contributed by atoms with Crippen LogP contribution in [0.1, 0.15) is 72.6 Å². The van der Waals surface area contributed by atoms with Crippen molar-refractivity contribution in [3.05, 3.63) is 0 Å². The number of hydrogen-bond acceptors (Lipinski definition) is 13. The van der Waals surface area contributed by atoms with Gasteiger partial charge in [-0.05, 0) is 27.2 Å². The fourth-order valence-corrected chi connectivity index (χ4v) is 3.74. The van der Waals surface area contributed by atoms with E-state index < -0.39 is 11.7 Å². The number of ether oxygens (including phenoxy) is 11. The molecular formula is C34H67NO13. The topological polar surface area (TPSA) is 148 Å². The Morgan fingerprint density at radius 1 is 0.458 bits per heavy atom. The monoisotopic (exact) mass is 697 g/mol. The first-order chi connectivity index (χ1) is 23.3. The average molecular weight is 698 g/mol. The van der Waals surface area contributed by atoms with E-state index in [-0.39, 0.29) is 12.6 Å². The predicted octanol–water partition coefficient (Wildman–Crippen LogP) is 3.95. The van der Waals surface area contributed by atoms with Gasteiger partial charge in [-0.3, -0.25) is 4.79 Å². The molecule has 0 bridgehead atoms. The van der Waals surface area contributed by atoms with E-state index in [0.29, 0.717) is 132 Å². The standard InChI is InChI=1S/C34H67NO13/c1-5-6-7-8-9-10-11-32(36)47-31-30-46-29-28-45-27-26-44-25-24-43-23-22-42-21-20-41-19-18-40-17-16-39-15-14-38-13-12-35-33(37)48-34(2,3)4/h5-31H2,1-4H3,(H,35,37). The highest BCUT2D eigenvalue weighted by molar-refractivity contribution is 5.69. The van der Waals surface area contributed by atoms with Crippen LogP contribution in [0, 0.1) is 0 Å². The molecule has 0 spiro atoms. The van der Waals surface area contributed by atoms with Crippen molar-refractivity contribution >= 4 is 12.1 Å². The molecule has 14 nitrogen and oxygen atoms in total. The molecule has 14 heteroatoms. The minimum atomic E-state index is -0.513. The molecule has 0 aromatic rings. The van der Waals surface area contributed by atoms with Gasteiger partial charge in [-0.15, -0.1) is 0 Å². The molecule has 0 aromatic carbocycles. The molecule has 0 aliphatic heterocycles. The molecule has 0 heterocycles. The van der Waals surface area contributed by atoms with E-state index in [1.807, 2.05) is 20.8 Å². The van der Waals surface area contributed by atoms with Crippen LogP contribution in [0.3, 0.4) is 0 Å². The average Bonchev–Trinajstić information content (AvgIpc) is 3.04. The van der Waals surface area contributed by atoms with E-state index in [1.54, 1.807) is 0 Å². The maximum absolute atomic E-state index is 11.7. The van der Waals surface area contributed by atoms with E-state index in [0.717, 1.165) is 12.8 Å². The molecule has 0 atom stereocenters. The summed E-state index contributed by atoms with van der Waals surface area (Å²) in [5.41, 5.74) is -0.513. The number of unbranched alkanes of at least 4 members (excludes halogenated alkanes) is 5. The van der Waals surface area contributed by atoms with E-state index >= 15 is 0 Å². The van der Waals surface area contributed by atoms with Crippen molar-refractivity contribution in [2.24, 2.45) is 0 Å². The number of esters is 1. The van der Waals surface area contributed by atoms with Gasteiger partial charge in [-0.2, -0.15) is 0 Å². The fourth-order valence-electron chi connectivity index (χ4n) is 3.74. The predicted molar refractivity (Wildman–Crippen MR) is 181 cm³/mol. The molecule has 1 amide bonds. The lowest BCUT2D eigenvalue weighted by molar-refractivity contribution is -0.145. The Morgan fingerprint density at radius 2 is 0.792 bits per heavy atom. The number of rotatable bonds is 37. The van der Waals surface area contributed by atoms with Gasteiger partial charge in [-0.1, -0.05) is 39.0 Å². The number of alkyl carbamates (subject to hydrolysis) is 1. The highest BCUT2D eigenvalue weighted by atomic mass is 16.6. The number of amides is 1. The van der Waals surface area contributed by atoms with Crippen molar-refractivity contribution in [2.75, 3.05) is 132 Å². The van der Waals surface area contributed by atoms with Crippen LogP contribution in [0.2, 0.25) is 0 Å². The van der Waals surface area contributed by atoms with Gasteiger partial charge in [0.05, 0.1) is 119 Å². The van der Waals surface area contributed by atoms with Crippen LogP contribution in [0.25, 0.3) is 0 Å². The summed E-state index contributed by atoms with van der Waals surface area (Å²) in [6.07, 6.45) is 6.95. The Balaban J connectivity index is 3.14. The molecule has 0 saturated carbocycles. The lowest BCUT2D eigenvalue weighted by Gasteiger charge is -2.19. The highest BCUT2D eigenvalue weighted by Gasteiger charge is 2.15. The molecular weight excluding hydrogens is 630 g/mol. The van der Waals surface area contributed by atoms with E-state index in [1.165, 1.54) is 25.7 Å². The highest BCUT2D eigenvalue weighted by Crippen LogP contribution is 2.07. The minimum Gasteiger partial charge on any atom is -0.463 e. The van der Waals surface area contributed by atoms with Gasteiger partial charge in [-0.25, -0.2) is 4.79 Å². The number of carbonyl (C=O) groups excluding carboxylic acids is 2. The van der Waals surface area contributed by atoms with Gasteiger partial charge >= 0.3 is 12.1 Å². The zero-order chi connectivity index (χ0) is 35.2. The van der Waals surface area contributed by atoms with Crippen LogP contribution in [0.4, 0.5) is 4.79 Å². The second-order valence-corrected chi connectivity index (χ2v) is 11.7. The van der Waals surface area contributed by atoms with Crippen LogP contribution in [0.15, 0.2) is 0 Å². The smallest absolute Gasteiger partial charge is 0.407 e. The summed E-state index contributed by atoms with van der Waals surface area (Å²) < 4.78 is 59.3. The Labute approximate surface area is 289 Å². The maximum atomic E-state index is 11.7. The second-order valence-electron chi connectivity index (χ2n) is 11.7. The lowest BCUT2D eigenvalue weighted by Crippen LogP contribution is -2.34. The van der Waals surface area contributed by atoms with Crippen molar-refractivity contribution in [3.63, 3.8) is 0 Å². The molecule has 0 radical (unpaired) electrons. The third-order valence-corrected chi connectivity index (χ3v) is 6.12. The lowest BCUT2D eigenvalue weighted by atomic mass is 10.1. The van der Waals surface area contributed by atoms with Crippen molar-refractivity contribution in [1.82, 2.24) is 5.32 Å². The second kappa shape index (κ2) is 36.7. The van der Waals surface area contributed by atoms with E-state index in [9.17, 15) is 9.59 Å². The van der Waals surface area contributed by atoms with Crippen LogP contribution in [-0.4, -0.2) is 150 Å². The molecule has 0 saturated heterocycles. The number of carbonyl (C=O) groups is 2. The summed E-state index contributed by atoms with van der Waals surface area (Å²) in [4.78, 5) is 23.2. The van der Waals surface area contributed by atoms with Crippen molar-refractivity contribution < 1.29 is 61.7 Å². The summed E-state index contributed by atoms with van der Waals surface area (Å²) in [6, 6.07) is 0. The first kappa shape index (κ1) is 46.4. The first-order valence-corrected chi connectivity index (χ1v) is 17.7. The minimum absolute atomic E-state index is 0.147. The number of nitrogens with one attached hydrogen (secondary N) is 1. The Kier molecular flexibility index (Phi) is 35.4. The maximum Gasteiger partial charge on any atom is 0.407 e. The number of hydrogen-bond donors (Lipinski definition) is 1. The molecule has 0 aliphatic rings. The Hall–Kier alpha value is -1.62. The van der Waals surface area contributed by atoms with E-state index in [4.69, 9.17) is 52.1 Å². The third kappa shape index (κ3) is 40.6. The molecule has 48 heavy (non-hydrogen) atoms. The summed E-state index contributed by atoms with van der Waals surface area (Å²) >= 11 is 0. The Morgan fingerprint density at radius 3 is 1.17 bits per heavy atom. The largest absolute Gasteiger partial charge is 0.463 e. The summed E-state index contributed by atoms with van der Waals surface area (Å²) in [7, 11) is 0. The summed E-state index contributed by atoms with van der Waals surface area (Å²) in [5.74, 6) is -0.147. The fraction of sp³-hybridized carbons (Fsp3) is 0.941. The first-order valence-electron chi connectivity index (χ1n) is 17.7. The molecule has 1 N–H and O–H groups in total. The SMILES string of the molecule is CCCCCCCCC(=O)OCCOCCOCCOCCOCCOCCOCCOCCOCCOCCNC(=O)OC(C)(C)C. The van der Waals surface area contributed by atoms with Crippen LogP contribution >= 0.6 is 0 Å². The van der Waals surface area contributed by atoms with Crippen LogP contribution < -0.4 is 5.32 Å². The molecule has 0 aromatic heterocycles. The van der Waals surface area contributed by atoms with Gasteiger partial charge < -0.3 is 57.4 Å². The normalized spacial score (nSPS) is 11.6. The summed E-state index contributed by atoms with van der Waals surface area (Å²) in [5, 5.41) is 2.63. The van der Waals surface area contributed by atoms with Gasteiger partial charge in [0, 0.05) is 13.0 Å². The Bertz CT molecular complexity index is 694. The van der Waals surface area contributed by atoms with Gasteiger partial charge in [0.1, 0.15) is 12.2 Å². The van der Waals surface area contributed by atoms with Crippen molar-refractivity contribution in [1.29, 1.82) is 0 Å².